The Hall–Kier alpha value is -6.46. The van der Waals surface area contributed by atoms with Crippen LogP contribution >= 0.6 is 0 Å². The molecule has 0 bridgehead atoms. The van der Waals surface area contributed by atoms with E-state index in [-0.39, 0.29) is 52.8 Å². The Kier molecular flexibility index (Phi) is 11.4. The van der Waals surface area contributed by atoms with Crippen LogP contribution in [0.25, 0.3) is 10.9 Å². The van der Waals surface area contributed by atoms with Crippen LogP contribution in [-0.2, 0) is 20.6 Å². The molecular formula is C45H49F3N8O7. The molecule has 3 aromatic carbocycles. The van der Waals surface area contributed by atoms with Crippen molar-refractivity contribution < 1.29 is 46.6 Å². The Morgan fingerprint density at radius 3 is 2.43 bits per heavy atom. The summed E-state index contributed by atoms with van der Waals surface area (Å²) in [6, 6.07) is 10.4. The fourth-order valence-corrected chi connectivity index (χ4v) is 9.26. The molecule has 18 heteroatoms. The lowest BCUT2D eigenvalue weighted by molar-refractivity contribution is -0.138. The molecule has 2 saturated heterocycles. The summed E-state index contributed by atoms with van der Waals surface area (Å²) < 4.78 is 53.1. The minimum absolute atomic E-state index is 0.0103. The number of nitrogen functional groups attached to an aromatic ring is 1. The molecule has 3 unspecified atom stereocenters. The highest BCUT2D eigenvalue weighted by Crippen LogP contribution is 2.53. The van der Waals surface area contributed by atoms with Crippen LogP contribution in [0, 0.1) is 24.2 Å². The summed E-state index contributed by atoms with van der Waals surface area (Å²) in [7, 11) is 3.15. The molecular weight excluding hydrogens is 822 g/mol. The molecule has 3 fully saturated rings. The van der Waals surface area contributed by atoms with Gasteiger partial charge in [-0.05, 0) is 100 Å². The second kappa shape index (κ2) is 16.7. The van der Waals surface area contributed by atoms with Gasteiger partial charge in [-0.3, -0.25) is 34.2 Å². The molecule has 3 atom stereocenters. The lowest BCUT2D eigenvalue weighted by Crippen LogP contribution is -2.54. The number of aryl methyl sites for hydroxylation is 1. The highest BCUT2D eigenvalue weighted by molar-refractivity contribution is 6.25. The zero-order valence-corrected chi connectivity index (χ0v) is 35.4. The fourth-order valence-electron chi connectivity index (χ4n) is 9.26. The van der Waals surface area contributed by atoms with Gasteiger partial charge in [0, 0.05) is 55.0 Å². The van der Waals surface area contributed by atoms with Crippen LogP contribution in [0.4, 0.5) is 30.4 Å². The third kappa shape index (κ3) is 8.54. The topological polar surface area (TPSA) is 198 Å². The molecule has 332 valence electrons. The van der Waals surface area contributed by atoms with E-state index < -0.39 is 47.5 Å². The largest absolute Gasteiger partial charge is 0.493 e. The van der Waals surface area contributed by atoms with Crippen molar-refractivity contribution in [3.63, 3.8) is 0 Å². The number of carbonyl (C=O) groups is 5. The molecule has 4 heterocycles. The van der Waals surface area contributed by atoms with Crippen LogP contribution in [0.1, 0.15) is 95.6 Å². The molecule has 63 heavy (non-hydrogen) atoms. The van der Waals surface area contributed by atoms with E-state index in [0.29, 0.717) is 84.3 Å². The summed E-state index contributed by atoms with van der Waals surface area (Å²) in [4.78, 5) is 77.5. The average molecular weight is 871 g/mol. The molecule has 15 nitrogen and oxygen atoms in total. The normalized spacial score (nSPS) is 19.7. The van der Waals surface area contributed by atoms with Crippen molar-refractivity contribution in [1.29, 1.82) is 0 Å². The van der Waals surface area contributed by atoms with E-state index in [1.54, 1.807) is 51.2 Å². The van der Waals surface area contributed by atoms with Crippen molar-refractivity contribution >= 4 is 57.6 Å². The number of benzene rings is 3. The molecule has 1 aromatic heterocycles. The monoisotopic (exact) mass is 870 g/mol. The number of ether oxygens (including phenoxy) is 2. The van der Waals surface area contributed by atoms with Gasteiger partial charge in [0.25, 0.3) is 11.8 Å². The van der Waals surface area contributed by atoms with Gasteiger partial charge < -0.3 is 30.7 Å². The number of alkyl halides is 3. The van der Waals surface area contributed by atoms with E-state index >= 15 is 0 Å². The summed E-state index contributed by atoms with van der Waals surface area (Å²) in [6.45, 7) is 4.80. The van der Waals surface area contributed by atoms with Gasteiger partial charge >= 0.3 is 6.18 Å². The quantitative estimate of drug-likeness (QED) is 0.0912. The molecule has 3 aliphatic heterocycles. The predicted octanol–water partition coefficient (Wildman–Crippen LogP) is 5.95. The molecule has 5 N–H and O–H groups in total. The number of nitrogens with two attached hydrogens (primary N) is 1. The lowest BCUT2D eigenvalue weighted by Gasteiger charge is -2.38. The maximum absolute atomic E-state index is 13.8. The molecule has 5 amide bonds. The first-order valence-corrected chi connectivity index (χ1v) is 21.0. The van der Waals surface area contributed by atoms with E-state index in [2.05, 4.69) is 30.8 Å². The number of anilines is 3. The molecule has 1 saturated carbocycles. The van der Waals surface area contributed by atoms with Crippen LogP contribution < -0.4 is 36.1 Å². The summed E-state index contributed by atoms with van der Waals surface area (Å²) in [5, 5.41) is 8.92. The van der Waals surface area contributed by atoms with Gasteiger partial charge in [-0.2, -0.15) is 13.2 Å². The van der Waals surface area contributed by atoms with Crippen molar-refractivity contribution in [2.75, 3.05) is 49.8 Å². The van der Waals surface area contributed by atoms with Crippen molar-refractivity contribution in [3.05, 3.63) is 76.6 Å². The van der Waals surface area contributed by atoms with Crippen LogP contribution in [0.3, 0.4) is 0 Å². The van der Waals surface area contributed by atoms with Crippen LogP contribution in [0.15, 0.2) is 48.5 Å². The fraction of sp³-hybridized carbons (Fsp3) is 0.444. The minimum Gasteiger partial charge on any atom is -0.493 e. The first kappa shape index (κ1) is 43.2. The SMILES string of the molecule is CNC(=O)C(CC1(COc2cc3c(NC(C)c4cc(N)cc(C(F)(F)F)c4)nc(C)nc3cc2OC)CC1)C1CCN(c2cccc3c2C(=O)N(C2CCC(=O)NC2=O)C3=O)CC1. The maximum atomic E-state index is 13.8. The Morgan fingerprint density at radius 2 is 1.76 bits per heavy atom. The van der Waals surface area contributed by atoms with Gasteiger partial charge in [0.15, 0.2) is 11.5 Å². The van der Waals surface area contributed by atoms with Gasteiger partial charge in [0.2, 0.25) is 17.7 Å². The molecule has 4 aromatic rings. The number of imide groups is 2. The average Bonchev–Trinajstić information content (AvgIpc) is 3.98. The number of fused-ring (bicyclic) bond motifs is 2. The van der Waals surface area contributed by atoms with Gasteiger partial charge in [0.05, 0.1) is 47.7 Å². The molecule has 0 radical (unpaired) electrons. The van der Waals surface area contributed by atoms with Crippen molar-refractivity contribution in [2.24, 2.45) is 17.3 Å². The van der Waals surface area contributed by atoms with E-state index in [4.69, 9.17) is 15.2 Å². The molecule has 1 aliphatic carbocycles. The number of carbonyl (C=O) groups excluding carboxylic acids is 5. The van der Waals surface area contributed by atoms with E-state index in [1.165, 1.54) is 13.2 Å². The number of halogens is 3. The second-order valence-corrected chi connectivity index (χ2v) is 17.1. The Morgan fingerprint density at radius 1 is 1.02 bits per heavy atom. The number of hydrogen-bond acceptors (Lipinski definition) is 12. The number of amides is 5. The van der Waals surface area contributed by atoms with Gasteiger partial charge in [-0.1, -0.05) is 6.07 Å². The second-order valence-electron chi connectivity index (χ2n) is 17.1. The standard InChI is InChI=1S/C45H49F3N8O7/c1-23(26-16-27(45(46,47)48)18-28(49)17-26)51-39-30-19-36(35(62-4)20-32(30)52-24(2)53-39)63-22-44(12-13-44)21-31(40(58)50-3)25-10-14-55(15-11-25)33-7-5-6-29-38(33)43(61)56(42(29)60)34-8-9-37(57)54-41(34)59/h5-7,16-20,23,25,31,34H,8-15,21-22,49H2,1-4H3,(H,50,58)(H,51,52,53)(H,54,57,59). The number of piperidine rings is 2. The number of hydrogen-bond donors (Lipinski definition) is 4. The Labute approximate surface area is 361 Å². The summed E-state index contributed by atoms with van der Waals surface area (Å²) >= 11 is 0. The summed E-state index contributed by atoms with van der Waals surface area (Å²) in [5.74, 6) is -0.911. The van der Waals surface area contributed by atoms with E-state index in [9.17, 15) is 37.1 Å². The predicted molar refractivity (Wildman–Crippen MR) is 226 cm³/mol. The molecule has 0 spiro atoms. The lowest BCUT2D eigenvalue weighted by atomic mass is 9.77. The number of rotatable bonds is 13. The van der Waals surface area contributed by atoms with Crippen molar-refractivity contribution in [3.8, 4) is 11.5 Å². The van der Waals surface area contributed by atoms with Gasteiger partial charge in [-0.25, -0.2) is 9.97 Å². The third-order valence-corrected chi connectivity index (χ3v) is 12.9. The third-order valence-electron chi connectivity index (χ3n) is 12.9. The number of nitrogens with zero attached hydrogens (tertiary/aromatic N) is 4. The van der Waals surface area contributed by atoms with Crippen LogP contribution in [0.2, 0.25) is 0 Å². The molecule has 4 aliphatic rings. The first-order valence-electron chi connectivity index (χ1n) is 21.0. The number of aromatic nitrogens is 2. The summed E-state index contributed by atoms with van der Waals surface area (Å²) in [5.41, 5.74) is 6.65. The van der Waals surface area contributed by atoms with Gasteiger partial charge in [0.1, 0.15) is 17.7 Å². The summed E-state index contributed by atoms with van der Waals surface area (Å²) in [6.07, 6.45) is -0.900. The maximum Gasteiger partial charge on any atom is 0.416 e. The minimum atomic E-state index is -4.57. The van der Waals surface area contributed by atoms with Crippen molar-refractivity contribution in [2.45, 2.75) is 77.1 Å². The highest BCUT2D eigenvalue weighted by Gasteiger charge is 2.49. The Bertz CT molecular complexity index is 2520. The zero-order valence-electron chi connectivity index (χ0n) is 35.4. The smallest absolute Gasteiger partial charge is 0.416 e. The number of nitrogens with one attached hydrogen (secondary N) is 3. The van der Waals surface area contributed by atoms with Crippen molar-refractivity contribution in [1.82, 2.24) is 25.5 Å². The van der Waals surface area contributed by atoms with E-state index in [0.717, 1.165) is 29.9 Å². The first-order chi connectivity index (χ1) is 30.0. The number of methoxy groups -OCH3 is 1. The zero-order chi connectivity index (χ0) is 45.0. The molecule has 8 rings (SSSR count). The van der Waals surface area contributed by atoms with Gasteiger partial charge in [-0.15, -0.1) is 0 Å². The highest BCUT2D eigenvalue weighted by atomic mass is 19.4. The van der Waals surface area contributed by atoms with Crippen LogP contribution in [-0.4, -0.2) is 84.3 Å². The van der Waals surface area contributed by atoms with E-state index in [1.807, 2.05) is 0 Å². The van der Waals surface area contributed by atoms with Crippen LogP contribution in [0.5, 0.6) is 11.5 Å². The Balaban J connectivity index is 0.961.